The smallest absolute Gasteiger partial charge is 0.0845 e. The van der Waals surface area contributed by atoms with Crippen LogP contribution in [0.2, 0.25) is 0 Å². The van der Waals surface area contributed by atoms with E-state index in [-0.39, 0.29) is 5.41 Å². The molecule has 0 saturated carbocycles. The lowest BCUT2D eigenvalue weighted by Crippen LogP contribution is -2.49. The zero-order valence-corrected chi connectivity index (χ0v) is 11.7. The van der Waals surface area contributed by atoms with Gasteiger partial charge in [0.25, 0.3) is 0 Å². The molecule has 0 bridgehead atoms. The lowest BCUT2D eigenvalue weighted by atomic mass is 9.68. The first kappa shape index (κ1) is 13.1. The van der Waals surface area contributed by atoms with Crippen molar-refractivity contribution >= 4 is 11.3 Å². The normalized spacial score (nSPS) is 15.1. The van der Waals surface area contributed by atoms with Gasteiger partial charge in [-0.3, -0.25) is 0 Å². The van der Waals surface area contributed by atoms with Crippen LogP contribution in [0.25, 0.3) is 0 Å². The zero-order valence-electron chi connectivity index (χ0n) is 10.9. The average molecular weight is 257 g/mol. The van der Waals surface area contributed by atoms with E-state index < -0.39 is 5.54 Å². The summed E-state index contributed by atoms with van der Waals surface area (Å²) in [5.74, 6) is 0. The highest BCUT2D eigenvalue weighted by atomic mass is 32.1. The molecule has 0 spiro atoms. The number of hydrogen-bond donors (Lipinski definition) is 1. The van der Waals surface area contributed by atoms with Gasteiger partial charge in [-0.15, -0.1) is 17.9 Å². The third kappa shape index (κ3) is 1.92. The summed E-state index contributed by atoms with van der Waals surface area (Å²) in [4.78, 5) is 1.17. The van der Waals surface area contributed by atoms with Crippen molar-refractivity contribution in [2.75, 3.05) is 0 Å². The molecule has 1 nitrogen and oxygen atoms in total. The molecule has 0 aliphatic heterocycles. The first-order valence-electron chi connectivity index (χ1n) is 6.04. The van der Waals surface area contributed by atoms with Crippen molar-refractivity contribution in [2.45, 2.75) is 19.4 Å². The van der Waals surface area contributed by atoms with Crippen LogP contribution in [0.5, 0.6) is 0 Å². The summed E-state index contributed by atoms with van der Waals surface area (Å²) >= 11 is 1.69. The second-order valence-electron chi connectivity index (χ2n) is 5.08. The fourth-order valence-corrected chi connectivity index (χ4v) is 3.22. The predicted molar refractivity (Wildman–Crippen MR) is 79.7 cm³/mol. The van der Waals surface area contributed by atoms with Crippen molar-refractivity contribution in [1.29, 1.82) is 0 Å². The number of rotatable bonds is 4. The van der Waals surface area contributed by atoms with Crippen LogP contribution >= 0.6 is 11.3 Å². The van der Waals surface area contributed by atoms with Gasteiger partial charge in [0.2, 0.25) is 0 Å². The Morgan fingerprint density at radius 1 is 1.11 bits per heavy atom. The minimum atomic E-state index is -0.538. The summed E-state index contributed by atoms with van der Waals surface area (Å²) in [6.07, 6.45) is 1.94. The monoisotopic (exact) mass is 257 g/mol. The fraction of sp³-hybridized carbons (Fsp3) is 0.250. The molecule has 1 aromatic carbocycles. The molecule has 1 heterocycles. The van der Waals surface area contributed by atoms with Crippen LogP contribution in [0.3, 0.4) is 0 Å². The van der Waals surface area contributed by atoms with Crippen molar-refractivity contribution in [3.05, 3.63) is 70.9 Å². The maximum absolute atomic E-state index is 6.81. The highest BCUT2D eigenvalue weighted by molar-refractivity contribution is 7.10. The summed E-state index contributed by atoms with van der Waals surface area (Å²) in [5, 5.41) is 2.07. The molecule has 2 aromatic rings. The molecular weight excluding hydrogens is 238 g/mol. The lowest BCUT2D eigenvalue weighted by molar-refractivity contribution is 0.283. The van der Waals surface area contributed by atoms with Gasteiger partial charge in [-0.05, 0) is 17.0 Å². The standard InChI is InChI=1S/C16H19NS/c1-4-15(2,3)16(17,14-11-8-12-18-14)13-9-6-5-7-10-13/h4-12H,1,17H2,2-3H3. The molecule has 2 heteroatoms. The largest absolute Gasteiger partial charge is 0.316 e. The van der Waals surface area contributed by atoms with Crippen molar-refractivity contribution in [3.63, 3.8) is 0 Å². The van der Waals surface area contributed by atoms with Crippen LogP contribution in [0.1, 0.15) is 24.3 Å². The molecule has 0 fully saturated rings. The van der Waals surface area contributed by atoms with Gasteiger partial charge in [0, 0.05) is 10.3 Å². The van der Waals surface area contributed by atoms with E-state index in [1.54, 1.807) is 11.3 Å². The summed E-state index contributed by atoms with van der Waals surface area (Å²) in [6.45, 7) is 8.22. The molecule has 18 heavy (non-hydrogen) atoms. The van der Waals surface area contributed by atoms with E-state index in [9.17, 15) is 0 Å². The highest BCUT2D eigenvalue weighted by Crippen LogP contribution is 2.45. The second-order valence-corrected chi connectivity index (χ2v) is 6.02. The van der Waals surface area contributed by atoms with Crippen LogP contribution in [-0.2, 0) is 5.54 Å². The Morgan fingerprint density at radius 3 is 2.28 bits per heavy atom. The van der Waals surface area contributed by atoms with Gasteiger partial charge in [-0.1, -0.05) is 56.3 Å². The number of thiophene rings is 1. The van der Waals surface area contributed by atoms with E-state index in [4.69, 9.17) is 5.73 Å². The van der Waals surface area contributed by atoms with Gasteiger partial charge in [-0.25, -0.2) is 0 Å². The van der Waals surface area contributed by atoms with Crippen LogP contribution in [-0.4, -0.2) is 0 Å². The molecule has 2 rings (SSSR count). The number of benzene rings is 1. The predicted octanol–water partition coefficient (Wildman–Crippen LogP) is 4.16. The summed E-state index contributed by atoms with van der Waals surface area (Å²) < 4.78 is 0. The van der Waals surface area contributed by atoms with E-state index >= 15 is 0 Å². The molecule has 0 aliphatic rings. The Bertz CT molecular complexity index is 513. The van der Waals surface area contributed by atoms with E-state index in [0.717, 1.165) is 5.56 Å². The molecule has 0 aliphatic carbocycles. The fourth-order valence-electron chi connectivity index (χ4n) is 2.20. The Labute approximate surface area is 113 Å². The van der Waals surface area contributed by atoms with Gasteiger partial charge in [0.05, 0.1) is 5.54 Å². The van der Waals surface area contributed by atoms with Crippen LogP contribution in [0.4, 0.5) is 0 Å². The third-order valence-corrected chi connectivity index (χ3v) is 4.67. The lowest BCUT2D eigenvalue weighted by Gasteiger charge is -2.42. The number of nitrogens with two attached hydrogens (primary N) is 1. The minimum absolute atomic E-state index is 0.223. The SMILES string of the molecule is C=CC(C)(C)C(N)(c1ccccc1)c1cccs1. The summed E-state index contributed by atoms with van der Waals surface area (Å²) in [7, 11) is 0. The van der Waals surface area contributed by atoms with Gasteiger partial charge >= 0.3 is 0 Å². The zero-order chi connectivity index (χ0) is 13.2. The molecule has 0 amide bonds. The summed E-state index contributed by atoms with van der Waals surface area (Å²) in [6, 6.07) is 14.4. The van der Waals surface area contributed by atoms with E-state index in [1.165, 1.54) is 4.88 Å². The summed E-state index contributed by atoms with van der Waals surface area (Å²) in [5.41, 5.74) is 7.17. The quantitative estimate of drug-likeness (QED) is 0.818. The Hall–Kier alpha value is -1.38. The first-order valence-corrected chi connectivity index (χ1v) is 6.92. The van der Waals surface area contributed by atoms with Gasteiger partial charge in [0.1, 0.15) is 0 Å². The van der Waals surface area contributed by atoms with Crippen molar-refractivity contribution in [2.24, 2.45) is 11.1 Å². The molecular formula is C16H19NS. The van der Waals surface area contributed by atoms with Gasteiger partial charge < -0.3 is 5.73 Å². The third-order valence-electron chi connectivity index (χ3n) is 3.67. The van der Waals surface area contributed by atoms with Crippen molar-refractivity contribution in [3.8, 4) is 0 Å². The molecule has 1 unspecified atom stereocenters. The van der Waals surface area contributed by atoms with E-state index in [0.29, 0.717) is 0 Å². The molecule has 1 aromatic heterocycles. The van der Waals surface area contributed by atoms with Crippen molar-refractivity contribution in [1.82, 2.24) is 0 Å². The Kier molecular flexibility index (Phi) is 3.42. The molecule has 1 atom stereocenters. The first-order chi connectivity index (χ1) is 8.52. The molecule has 0 radical (unpaired) electrons. The molecule has 2 N–H and O–H groups in total. The van der Waals surface area contributed by atoms with Crippen molar-refractivity contribution < 1.29 is 0 Å². The van der Waals surface area contributed by atoms with Gasteiger partial charge in [0.15, 0.2) is 0 Å². The Morgan fingerprint density at radius 2 is 1.78 bits per heavy atom. The maximum Gasteiger partial charge on any atom is 0.0845 e. The number of hydrogen-bond acceptors (Lipinski definition) is 2. The van der Waals surface area contributed by atoms with Crippen LogP contribution in [0, 0.1) is 5.41 Å². The van der Waals surface area contributed by atoms with Gasteiger partial charge in [-0.2, -0.15) is 0 Å². The topological polar surface area (TPSA) is 26.0 Å². The van der Waals surface area contributed by atoms with E-state index in [2.05, 4.69) is 44.0 Å². The minimum Gasteiger partial charge on any atom is -0.316 e. The van der Waals surface area contributed by atoms with Crippen LogP contribution < -0.4 is 5.73 Å². The second kappa shape index (κ2) is 4.71. The molecule has 0 saturated heterocycles. The average Bonchev–Trinajstić information content (AvgIpc) is 2.93. The van der Waals surface area contributed by atoms with Crippen LogP contribution in [0.15, 0.2) is 60.5 Å². The molecule has 94 valence electrons. The van der Waals surface area contributed by atoms with E-state index in [1.807, 2.05) is 30.3 Å². The Balaban J connectivity index is 2.65. The highest BCUT2D eigenvalue weighted by Gasteiger charge is 2.43. The maximum atomic E-state index is 6.81.